The van der Waals surface area contributed by atoms with E-state index in [4.69, 9.17) is 77.3 Å². The van der Waals surface area contributed by atoms with Crippen molar-refractivity contribution < 1.29 is 128 Å². The molecule has 0 spiro atoms. The predicted octanol–water partition coefficient (Wildman–Crippen LogP) is 6.81. The summed E-state index contributed by atoms with van der Waals surface area (Å²) in [6, 6.07) is 20.5. The van der Waals surface area contributed by atoms with Crippen LogP contribution in [0.3, 0.4) is 0 Å². The highest BCUT2D eigenvalue weighted by Gasteiger charge is 2.34. The fraction of sp³-hybridized carbons (Fsp3) is 0.557. The molecular formula is C79H117N11O28. The standard InChI is InChI=1S/C31H52N4O9.C19H30N4O4.C16H27NO8.C13H8N2O7/c1-4-13-41-15-17-43-19-20-44-18-16-42-14-11-28(38)35-29(23(2)3)27(37)21-25(6-5-12-33-31(32)40)30(39)34-26-9-7-24(22-36)8-10-26;1-12(2)17(20)16(25)10-14(4-3-9-22-19(21)27)18(26)23-15-7-5-13(11-24)6-8-15;1-2-6-21-8-10-23-12-13-24-11-9-22-7-5-16(20)25-17-14(18)3-4-15(17)19;16-13(21-11-5-1-9(2-6-11)14(17)18)22-12-7-3-10(4-8-12)15(19)20/h7-10,23,25,29,36H,4-6,11-22H2,1-3H3,(H,34,39)(H,35,38)(H3,32,33,40);5-8,12,14,17,24H,3-4,9-11,20H2,1-2H3,(H,23,26)(H3,21,22,27);2-13H2,1H3;1-8H/t25-,29+;14-,17+;;/m11../s1/i1T;;1T;. The Morgan fingerprint density at radius 1 is 0.500 bits per heavy atom. The number of nitro benzene ring substituents is 2. The van der Waals surface area contributed by atoms with Gasteiger partial charge in [-0.2, -0.15) is 0 Å². The van der Waals surface area contributed by atoms with E-state index in [9.17, 15) is 78.1 Å². The molecule has 13 N–H and O–H groups in total. The van der Waals surface area contributed by atoms with Crippen molar-refractivity contribution >= 4 is 88.0 Å². The first kappa shape index (κ1) is 99.8. The van der Waals surface area contributed by atoms with Gasteiger partial charge >= 0.3 is 24.2 Å². The number of nitrogens with two attached hydrogens (primary N) is 3. The topological polar surface area (TPSA) is 557 Å². The molecular weight excluding hydrogens is 1550 g/mol. The van der Waals surface area contributed by atoms with Gasteiger partial charge in [0.05, 0.1) is 134 Å². The smallest absolute Gasteiger partial charge is 0.395 e. The van der Waals surface area contributed by atoms with E-state index in [0.717, 1.165) is 12.0 Å². The number of amides is 9. The Labute approximate surface area is 688 Å². The van der Waals surface area contributed by atoms with E-state index < -0.39 is 69.8 Å². The highest BCUT2D eigenvalue weighted by molar-refractivity contribution is 6.02. The second-order valence-corrected chi connectivity index (χ2v) is 26.5. The zero-order valence-electron chi connectivity index (χ0n) is 69.3. The number of ether oxygens (including phenoxy) is 10. The quantitative estimate of drug-likeness (QED) is 0.00541. The van der Waals surface area contributed by atoms with Crippen LogP contribution < -0.4 is 53.3 Å². The van der Waals surface area contributed by atoms with Crippen LogP contribution >= 0.6 is 0 Å². The normalized spacial score (nSPS) is 12.7. The van der Waals surface area contributed by atoms with E-state index >= 15 is 0 Å². The van der Waals surface area contributed by atoms with Crippen LogP contribution in [0.4, 0.5) is 37.1 Å². The second-order valence-electron chi connectivity index (χ2n) is 26.5. The van der Waals surface area contributed by atoms with Gasteiger partial charge in [-0.25, -0.2) is 19.2 Å². The summed E-state index contributed by atoms with van der Waals surface area (Å²) in [7, 11) is 0. The van der Waals surface area contributed by atoms with Gasteiger partial charge in [0, 0.05) is 109 Å². The first-order valence-electron chi connectivity index (χ1n) is 39.8. The summed E-state index contributed by atoms with van der Waals surface area (Å²) in [5.74, 6) is -4.45. The number of nitrogens with zero attached hydrogens (tertiary/aromatic N) is 3. The van der Waals surface area contributed by atoms with Gasteiger partial charge in [0.2, 0.25) is 17.7 Å². The monoisotopic (exact) mass is 1670 g/mol. The molecule has 39 nitrogen and oxygen atoms in total. The van der Waals surface area contributed by atoms with Gasteiger partial charge in [-0.3, -0.25) is 53.8 Å². The van der Waals surface area contributed by atoms with E-state index in [1.54, 1.807) is 48.5 Å². The third-order valence-corrected chi connectivity index (χ3v) is 16.4. The molecule has 1 aliphatic heterocycles. The van der Waals surface area contributed by atoms with Gasteiger partial charge < -0.3 is 106 Å². The van der Waals surface area contributed by atoms with Gasteiger partial charge in [0.15, 0.2) is 11.6 Å². The fourth-order valence-corrected chi connectivity index (χ4v) is 9.97. The molecule has 5 rings (SSSR count). The molecule has 1 heterocycles. The number of imide groups is 1. The van der Waals surface area contributed by atoms with E-state index in [1.807, 2.05) is 27.7 Å². The lowest BCUT2D eigenvalue weighted by Gasteiger charge is -2.24. The van der Waals surface area contributed by atoms with Crippen molar-refractivity contribution in [3.8, 4) is 11.5 Å². The predicted molar refractivity (Wildman–Crippen MR) is 428 cm³/mol. The van der Waals surface area contributed by atoms with Crippen molar-refractivity contribution in [3.05, 3.63) is 128 Å². The summed E-state index contributed by atoms with van der Waals surface area (Å²) >= 11 is 0. The summed E-state index contributed by atoms with van der Waals surface area (Å²) in [6.07, 6.45) is 2.13. The number of hydroxylamine groups is 2. The number of rotatable bonds is 56. The van der Waals surface area contributed by atoms with Crippen molar-refractivity contribution in [1.29, 1.82) is 0 Å². The number of nitro groups is 2. The van der Waals surface area contributed by atoms with Crippen LogP contribution in [0, 0.1) is 43.9 Å². The van der Waals surface area contributed by atoms with Crippen molar-refractivity contribution in [2.75, 3.05) is 129 Å². The van der Waals surface area contributed by atoms with Crippen LogP contribution in [0.2, 0.25) is 0 Å². The molecule has 0 radical (unpaired) electrons. The second kappa shape index (κ2) is 62.6. The number of hydrogen-bond donors (Lipinski definition) is 10. The highest BCUT2D eigenvalue weighted by Crippen LogP contribution is 2.24. The fourth-order valence-electron chi connectivity index (χ4n) is 9.97. The number of aliphatic hydroxyl groups excluding tert-OH is 2. The maximum Gasteiger partial charge on any atom is 0.519 e. The average Bonchev–Trinajstić information content (AvgIpc) is 1.30. The summed E-state index contributed by atoms with van der Waals surface area (Å²) in [6.45, 7) is 14.9. The molecule has 0 unspecified atom stereocenters. The highest BCUT2D eigenvalue weighted by atomic mass is 16.7. The summed E-state index contributed by atoms with van der Waals surface area (Å²) in [5.41, 5.74) is 18.3. The number of anilines is 2. The minimum absolute atomic E-state index is 0.0104. The lowest BCUT2D eigenvalue weighted by Crippen LogP contribution is -2.45. The first-order chi connectivity index (χ1) is 57.5. The van der Waals surface area contributed by atoms with E-state index in [1.165, 1.54) is 48.5 Å². The Morgan fingerprint density at radius 3 is 1.19 bits per heavy atom. The molecule has 0 aromatic heterocycles. The molecule has 118 heavy (non-hydrogen) atoms. The molecule has 9 amide bonds. The minimum Gasteiger partial charge on any atom is -0.395 e. The van der Waals surface area contributed by atoms with Crippen molar-refractivity contribution in [1.82, 2.24) is 21.0 Å². The minimum atomic E-state index is -1.07. The number of ketones is 2. The first-order valence-corrected chi connectivity index (χ1v) is 38.4. The third kappa shape index (κ3) is 48.2. The molecule has 1 aliphatic rings. The number of Topliss-reactive ketones (excluding diaryl/α,β-unsaturated/α-hetero) is 2. The Morgan fingerprint density at radius 2 is 0.856 bits per heavy atom. The van der Waals surface area contributed by atoms with Gasteiger partial charge in [0.25, 0.3) is 23.2 Å². The Bertz CT molecular complexity index is 3610. The Hall–Kier alpha value is -10.6. The summed E-state index contributed by atoms with van der Waals surface area (Å²) in [4.78, 5) is 156. The van der Waals surface area contributed by atoms with Crippen LogP contribution in [0.15, 0.2) is 97.1 Å². The molecule has 39 heteroatoms. The number of aliphatic hydroxyl groups is 2. The molecule has 4 aromatic carbocycles. The van der Waals surface area contributed by atoms with Gasteiger partial charge in [-0.15, -0.1) is 5.06 Å². The third-order valence-electron chi connectivity index (χ3n) is 16.4. The maximum atomic E-state index is 13.3. The Kier molecular flexibility index (Phi) is 52.9. The SMILES string of the molecule is CC(C)[C@H](N)C(=O)C[C@@H](CCCNC(N)=O)C(=O)Nc1ccc(CO)cc1.O=C(Oc1ccc([N+](=O)[O-])cc1)Oc1ccc([N+](=O)[O-])cc1.[3H]CCCOCCOCCOCCOCCC(=O)N[C@H](C(=O)C[C@@H](CCCNC(N)=O)C(=O)Nc1ccc(CO)cc1)C(C)C.[3H]CCCOCCOCCOCCOCCC(=O)ON1C(=O)CCC1=O. The summed E-state index contributed by atoms with van der Waals surface area (Å²) < 4.78 is 66.2. The molecule has 1 fully saturated rings. The number of carbonyl (C=O) groups is 11. The van der Waals surface area contributed by atoms with Gasteiger partial charge in [-0.1, -0.05) is 65.8 Å². The molecule has 4 aromatic rings. The lowest BCUT2D eigenvalue weighted by atomic mass is 9.89. The van der Waals surface area contributed by atoms with Crippen molar-refractivity contribution in [3.63, 3.8) is 0 Å². The van der Waals surface area contributed by atoms with Crippen LogP contribution in [0.5, 0.6) is 11.5 Å². The molecule has 1 saturated heterocycles. The number of urea groups is 2. The van der Waals surface area contributed by atoms with Crippen molar-refractivity contribution in [2.45, 2.75) is 144 Å². The zero-order valence-corrected chi connectivity index (χ0v) is 67.3. The maximum absolute atomic E-state index is 13.3. The van der Waals surface area contributed by atoms with E-state index in [-0.39, 0.29) is 135 Å². The number of hydrogen-bond acceptors (Lipinski definition) is 29. The largest absolute Gasteiger partial charge is 0.519 e. The molecule has 0 saturated carbocycles. The van der Waals surface area contributed by atoms with Crippen LogP contribution in [0.25, 0.3) is 0 Å². The molecule has 0 aliphatic carbocycles. The van der Waals surface area contributed by atoms with Gasteiger partial charge in [0.1, 0.15) is 11.5 Å². The Balaban J connectivity index is 0.000000565. The number of carbonyl (C=O) groups excluding carboxylic acids is 11. The molecule has 656 valence electrons. The van der Waals surface area contributed by atoms with Gasteiger partial charge in [-0.05, 0) is 110 Å². The number of primary amides is 2. The zero-order chi connectivity index (χ0) is 88.8. The molecule has 4 atom stereocenters. The average molecular weight is 1670 g/mol. The van der Waals surface area contributed by atoms with E-state index in [0.29, 0.717) is 167 Å². The van der Waals surface area contributed by atoms with Crippen LogP contribution in [-0.4, -0.2) is 221 Å². The number of nitrogens with one attached hydrogen (secondary N) is 5. The summed E-state index contributed by atoms with van der Waals surface area (Å²) in [5, 5.41) is 53.1. The van der Waals surface area contributed by atoms with E-state index in [2.05, 4.69) is 26.6 Å². The van der Waals surface area contributed by atoms with Crippen LogP contribution in [-0.2, 0) is 94.3 Å². The number of non-ortho nitro benzene ring substituents is 2. The lowest BCUT2D eigenvalue weighted by molar-refractivity contribution is -0.385. The van der Waals surface area contributed by atoms with Crippen molar-refractivity contribution in [2.24, 2.45) is 40.9 Å². The number of benzene rings is 4. The molecule has 0 bridgehead atoms. The van der Waals surface area contributed by atoms with Crippen LogP contribution in [0.1, 0.15) is 132 Å².